The van der Waals surface area contributed by atoms with Gasteiger partial charge in [-0.05, 0) is 35.9 Å². The topological polar surface area (TPSA) is 17.1 Å². The number of hydrogen-bond donors (Lipinski definition) is 0. The number of carbonyl (C=O) groups excluding carboxylic acids is 1. The van der Waals surface area contributed by atoms with E-state index in [0.29, 0.717) is 11.8 Å². The molecule has 0 radical (unpaired) electrons. The predicted octanol–water partition coefficient (Wildman–Crippen LogP) is 4.10. The number of rotatable bonds is 2. The Hall–Kier alpha value is -1.74. The minimum Gasteiger partial charge on any atom is -0.298 e. The maximum absolute atomic E-state index is 13.5. The molecule has 0 atom stereocenters. The van der Waals surface area contributed by atoms with Crippen LogP contribution in [0.2, 0.25) is 5.02 Å². The first-order chi connectivity index (χ1) is 8.11. The van der Waals surface area contributed by atoms with Gasteiger partial charge >= 0.3 is 0 Å². The molecule has 0 spiro atoms. The summed E-state index contributed by atoms with van der Waals surface area (Å²) in [7, 11) is 0. The van der Waals surface area contributed by atoms with Crippen LogP contribution in [0.5, 0.6) is 0 Å². The van der Waals surface area contributed by atoms with E-state index in [1.165, 1.54) is 18.2 Å². The second-order valence-electron chi connectivity index (χ2n) is 3.48. The Morgan fingerprint density at radius 3 is 2.53 bits per heavy atom. The average molecular weight is 253 g/mol. The molecule has 0 saturated carbocycles. The lowest BCUT2D eigenvalue weighted by molar-refractivity contribution is 0.112. The third kappa shape index (κ3) is 2.34. The van der Waals surface area contributed by atoms with Crippen LogP contribution in [0.4, 0.5) is 8.78 Å². The summed E-state index contributed by atoms with van der Waals surface area (Å²) in [5, 5.41) is 0.278. The molecule has 0 saturated heterocycles. The lowest BCUT2D eigenvalue weighted by Gasteiger charge is -2.05. The van der Waals surface area contributed by atoms with Crippen molar-refractivity contribution in [1.29, 1.82) is 0 Å². The minimum atomic E-state index is -0.550. The molecule has 4 heteroatoms. The van der Waals surface area contributed by atoms with Crippen molar-refractivity contribution < 1.29 is 13.6 Å². The van der Waals surface area contributed by atoms with Crippen LogP contribution in [0.3, 0.4) is 0 Å². The van der Waals surface area contributed by atoms with Gasteiger partial charge in [-0.25, -0.2) is 8.78 Å². The summed E-state index contributed by atoms with van der Waals surface area (Å²) in [5.41, 5.74) is 0.756. The van der Waals surface area contributed by atoms with E-state index in [9.17, 15) is 13.6 Å². The van der Waals surface area contributed by atoms with Gasteiger partial charge in [-0.3, -0.25) is 4.79 Å². The molecule has 0 aliphatic rings. The summed E-state index contributed by atoms with van der Waals surface area (Å²) in [4.78, 5) is 10.7. The first kappa shape index (κ1) is 11.7. The van der Waals surface area contributed by atoms with E-state index in [2.05, 4.69) is 0 Å². The largest absolute Gasteiger partial charge is 0.298 e. The van der Waals surface area contributed by atoms with Crippen LogP contribution in [0, 0.1) is 11.6 Å². The molecular formula is C13H7ClF2O. The van der Waals surface area contributed by atoms with Crippen LogP contribution in [0.15, 0.2) is 36.4 Å². The number of aldehydes is 1. The zero-order chi connectivity index (χ0) is 12.4. The molecule has 0 aliphatic carbocycles. The van der Waals surface area contributed by atoms with Crippen LogP contribution in [0.25, 0.3) is 11.1 Å². The molecule has 0 fully saturated rings. The van der Waals surface area contributed by atoms with E-state index < -0.39 is 11.6 Å². The molecule has 2 aromatic carbocycles. The van der Waals surface area contributed by atoms with E-state index in [-0.39, 0.29) is 16.1 Å². The van der Waals surface area contributed by atoms with Crippen LogP contribution in [-0.2, 0) is 0 Å². The fraction of sp³-hybridized carbons (Fsp3) is 0. The lowest BCUT2D eigenvalue weighted by atomic mass is 10.0. The van der Waals surface area contributed by atoms with Crippen molar-refractivity contribution in [2.24, 2.45) is 0 Å². The Kier molecular flexibility index (Phi) is 3.20. The summed E-state index contributed by atoms with van der Waals surface area (Å²) in [6, 6.07) is 7.59. The molecule has 86 valence electrons. The van der Waals surface area contributed by atoms with Crippen LogP contribution in [0.1, 0.15) is 10.4 Å². The maximum atomic E-state index is 13.5. The normalized spacial score (nSPS) is 10.3. The summed E-state index contributed by atoms with van der Waals surface area (Å²) in [5.74, 6) is -1.09. The van der Waals surface area contributed by atoms with Gasteiger partial charge in [0.25, 0.3) is 0 Å². The van der Waals surface area contributed by atoms with Crippen molar-refractivity contribution in [2.45, 2.75) is 0 Å². The Morgan fingerprint density at radius 2 is 1.82 bits per heavy atom. The highest BCUT2D eigenvalue weighted by atomic mass is 35.5. The Labute approximate surface area is 102 Å². The second kappa shape index (κ2) is 4.63. The maximum Gasteiger partial charge on any atom is 0.151 e. The fourth-order valence-electron chi connectivity index (χ4n) is 1.52. The summed E-state index contributed by atoms with van der Waals surface area (Å²) in [6.45, 7) is 0. The molecule has 0 unspecified atom stereocenters. The molecule has 1 nitrogen and oxygen atoms in total. The molecule has 2 rings (SSSR count). The zero-order valence-electron chi connectivity index (χ0n) is 8.58. The molecule has 0 amide bonds. The van der Waals surface area contributed by atoms with Gasteiger partial charge in [-0.1, -0.05) is 17.7 Å². The SMILES string of the molecule is O=Cc1cc(-c2cc(F)ccc2F)ccc1Cl. The quantitative estimate of drug-likeness (QED) is 0.736. The van der Waals surface area contributed by atoms with Gasteiger partial charge in [0, 0.05) is 11.1 Å². The third-order valence-corrected chi connectivity index (χ3v) is 2.71. The number of benzene rings is 2. The number of carbonyl (C=O) groups is 1. The Balaban J connectivity index is 2.60. The van der Waals surface area contributed by atoms with Crippen LogP contribution >= 0.6 is 11.6 Å². The Morgan fingerprint density at radius 1 is 1.06 bits per heavy atom. The monoisotopic (exact) mass is 252 g/mol. The zero-order valence-corrected chi connectivity index (χ0v) is 9.34. The average Bonchev–Trinajstić information content (AvgIpc) is 2.33. The lowest BCUT2D eigenvalue weighted by Crippen LogP contribution is -1.89. The van der Waals surface area contributed by atoms with Crippen molar-refractivity contribution in [1.82, 2.24) is 0 Å². The van der Waals surface area contributed by atoms with Crippen molar-refractivity contribution in [2.75, 3.05) is 0 Å². The highest BCUT2D eigenvalue weighted by Crippen LogP contribution is 2.27. The van der Waals surface area contributed by atoms with Crippen molar-refractivity contribution >= 4 is 17.9 Å². The summed E-state index contributed by atoms with van der Waals surface area (Å²) in [6.07, 6.45) is 0.572. The van der Waals surface area contributed by atoms with E-state index in [1.54, 1.807) is 0 Å². The molecule has 0 aliphatic heterocycles. The smallest absolute Gasteiger partial charge is 0.151 e. The van der Waals surface area contributed by atoms with Crippen molar-refractivity contribution in [3.05, 3.63) is 58.6 Å². The highest BCUT2D eigenvalue weighted by molar-refractivity contribution is 6.33. The van der Waals surface area contributed by atoms with Crippen LogP contribution < -0.4 is 0 Å². The second-order valence-corrected chi connectivity index (χ2v) is 3.89. The summed E-state index contributed by atoms with van der Waals surface area (Å²) >= 11 is 5.76. The van der Waals surface area contributed by atoms with Gasteiger partial charge in [0.1, 0.15) is 11.6 Å². The van der Waals surface area contributed by atoms with Gasteiger partial charge in [0.15, 0.2) is 6.29 Å². The third-order valence-electron chi connectivity index (χ3n) is 2.36. The first-order valence-corrected chi connectivity index (χ1v) is 5.20. The predicted molar refractivity (Wildman–Crippen MR) is 62.2 cm³/mol. The molecule has 0 heterocycles. The van der Waals surface area contributed by atoms with Gasteiger partial charge in [-0.15, -0.1) is 0 Å². The summed E-state index contributed by atoms with van der Waals surface area (Å²) < 4.78 is 26.5. The molecule has 2 aromatic rings. The van der Waals surface area contributed by atoms with Crippen molar-refractivity contribution in [3.63, 3.8) is 0 Å². The highest BCUT2D eigenvalue weighted by Gasteiger charge is 2.08. The molecule has 17 heavy (non-hydrogen) atoms. The van der Waals surface area contributed by atoms with E-state index in [0.717, 1.165) is 18.2 Å². The molecular weight excluding hydrogens is 246 g/mol. The molecule has 0 aromatic heterocycles. The van der Waals surface area contributed by atoms with E-state index in [4.69, 9.17) is 11.6 Å². The van der Waals surface area contributed by atoms with Gasteiger partial charge in [-0.2, -0.15) is 0 Å². The standard InChI is InChI=1S/C13H7ClF2O/c14-12-3-1-8(5-9(12)7-17)11-6-10(15)2-4-13(11)16/h1-7H. The van der Waals surface area contributed by atoms with Crippen molar-refractivity contribution in [3.8, 4) is 11.1 Å². The fourth-order valence-corrected chi connectivity index (χ4v) is 1.68. The van der Waals surface area contributed by atoms with E-state index >= 15 is 0 Å². The van der Waals surface area contributed by atoms with Gasteiger partial charge in [0.05, 0.1) is 5.02 Å². The van der Waals surface area contributed by atoms with E-state index in [1.807, 2.05) is 0 Å². The molecule has 0 N–H and O–H groups in total. The Bertz CT molecular complexity index is 582. The first-order valence-electron chi connectivity index (χ1n) is 4.82. The molecule has 0 bridgehead atoms. The van der Waals surface area contributed by atoms with Crippen LogP contribution in [-0.4, -0.2) is 6.29 Å². The van der Waals surface area contributed by atoms with Gasteiger partial charge < -0.3 is 0 Å². The number of hydrogen-bond acceptors (Lipinski definition) is 1. The van der Waals surface area contributed by atoms with Gasteiger partial charge in [0.2, 0.25) is 0 Å². The minimum absolute atomic E-state index is 0.102. The number of halogens is 3.